The van der Waals surface area contributed by atoms with Crippen LogP contribution in [0, 0.1) is 18.6 Å². The molecule has 0 aliphatic carbocycles. The number of halogens is 2. The molecule has 30 heavy (non-hydrogen) atoms. The molecule has 1 saturated heterocycles. The summed E-state index contributed by atoms with van der Waals surface area (Å²) in [4.78, 5) is 18.3. The van der Waals surface area contributed by atoms with E-state index in [0.717, 1.165) is 0 Å². The maximum Gasteiger partial charge on any atom is 0.249 e. The Morgan fingerprint density at radius 2 is 2.00 bits per heavy atom. The highest BCUT2D eigenvalue weighted by atomic mass is 19.1. The molecule has 1 fully saturated rings. The van der Waals surface area contributed by atoms with E-state index in [9.17, 15) is 13.6 Å². The number of benzene rings is 2. The van der Waals surface area contributed by atoms with Crippen molar-refractivity contribution in [2.75, 3.05) is 13.2 Å². The van der Waals surface area contributed by atoms with Gasteiger partial charge in [-0.3, -0.25) is 9.78 Å². The second-order valence-electron chi connectivity index (χ2n) is 7.07. The first kappa shape index (κ1) is 20.0. The van der Waals surface area contributed by atoms with Gasteiger partial charge in [0.25, 0.3) is 0 Å². The maximum absolute atomic E-state index is 14.2. The normalized spacial score (nSPS) is 16.6. The topological polar surface area (TPSA) is 51.7 Å². The lowest BCUT2D eigenvalue weighted by Gasteiger charge is -2.36. The molecule has 0 N–H and O–H groups in total. The van der Waals surface area contributed by atoms with Gasteiger partial charge in [0.05, 0.1) is 12.6 Å². The Bertz CT molecular complexity index is 1070. The first-order valence-corrected chi connectivity index (χ1v) is 9.51. The molecule has 2 heterocycles. The molecule has 3 aromatic rings. The summed E-state index contributed by atoms with van der Waals surface area (Å²) in [6.07, 6.45) is 3.14. The van der Waals surface area contributed by atoms with Crippen molar-refractivity contribution in [1.29, 1.82) is 0 Å². The van der Waals surface area contributed by atoms with E-state index in [0.29, 0.717) is 28.2 Å². The summed E-state index contributed by atoms with van der Waals surface area (Å²) in [5, 5.41) is 0. The van der Waals surface area contributed by atoms with E-state index < -0.39 is 6.04 Å². The molecular weight excluding hydrogens is 390 g/mol. The Morgan fingerprint density at radius 3 is 2.80 bits per heavy atom. The zero-order valence-electron chi connectivity index (χ0n) is 16.3. The van der Waals surface area contributed by atoms with Crippen LogP contribution in [0.2, 0.25) is 0 Å². The number of aromatic nitrogens is 1. The molecule has 0 saturated carbocycles. The molecule has 1 aromatic heterocycles. The minimum absolute atomic E-state index is 0.0788. The number of pyridine rings is 1. The summed E-state index contributed by atoms with van der Waals surface area (Å²) in [6, 6.07) is 12.1. The predicted molar refractivity (Wildman–Crippen MR) is 106 cm³/mol. The molecule has 4 rings (SSSR count). The maximum atomic E-state index is 14.2. The van der Waals surface area contributed by atoms with Crippen molar-refractivity contribution in [1.82, 2.24) is 9.88 Å². The lowest BCUT2D eigenvalue weighted by Crippen LogP contribution is -2.43. The van der Waals surface area contributed by atoms with Gasteiger partial charge >= 0.3 is 0 Å². The highest BCUT2D eigenvalue weighted by Crippen LogP contribution is 2.35. The summed E-state index contributed by atoms with van der Waals surface area (Å²) in [5.74, 6) is -0.260. The number of carbonyl (C=O) groups excluding carboxylic acids is 1. The average molecular weight is 410 g/mol. The first-order valence-electron chi connectivity index (χ1n) is 9.51. The van der Waals surface area contributed by atoms with Crippen LogP contribution in [0.15, 0.2) is 60.9 Å². The second-order valence-corrected chi connectivity index (χ2v) is 7.07. The van der Waals surface area contributed by atoms with E-state index in [1.54, 1.807) is 60.6 Å². The van der Waals surface area contributed by atoms with Gasteiger partial charge in [0.2, 0.25) is 5.91 Å². The minimum Gasteiger partial charge on any atom is -0.457 e. The van der Waals surface area contributed by atoms with E-state index in [1.807, 2.05) is 0 Å². The molecular formula is C23H20F2N2O3. The first-order chi connectivity index (χ1) is 14.5. The van der Waals surface area contributed by atoms with Gasteiger partial charge in [-0.1, -0.05) is 24.3 Å². The molecule has 5 nitrogen and oxygen atoms in total. The highest BCUT2D eigenvalue weighted by molar-refractivity contribution is 5.78. The summed E-state index contributed by atoms with van der Waals surface area (Å²) >= 11 is 0. The van der Waals surface area contributed by atoms with Crippen LogP contribution in [0.4, 0.5) is 8.78 Å². The van der Waals surface area contributed by atoms with Crippen molar-refractivity contribution in [3.63, 3.8) is 0 Å². The summed E-state index contributed by atoms with van der Waals surface area (Å²) in [5.41, 5.74) is 1.52. The van der Waals surface area contributed by atoms with Crippen molar-refractivity contribution < 1.29 is 23.0 Å². The van der Waals surface area contributed by atoms with Crippen LogP contribution in [0.1, 0.15) is 22.7 Å². The quantitative estimate of drug-likeness (QED) is 0.619. The number of hydrogen-bond acceptors (Lipinski definition) is 4. The van der Waals surface area contributed by atoms with Gasteiger partial charge in [-0.25, -0.2) is 8.78 Å². The van der Waals surface area contributed by atoms with Gasteiger partial charge in [0.15, 0.2) is 0 Å². The molecule has 0 radical (unpaired) electrons. The summed E-state index contributed by atoms with van der Waals surface area (Å²) in [6.45, 7) is 1.89. The molecule has 154 valence electrons. The fourth-order valence-electron chi connectivity index (χ4n) is 3.37. The van der Waals surface area contributed by atoms with Crippen LogP contribution in [0.3, 0.4) is 0 Å². The molecule has 1 atom stereocenters. The van der Waals surface area contributed by atoms with E-state index in [-0.39, 0.29) is 37.3 Å². The van der Waals surface area contributed by atoms with Gasteiger partial charge in [0.1, 0.15) is 29.7 Å². The number of amides is 1. The molecule has 0 bridgehead atoms. The summed E-state index contributed by atoms with van der Waals surface area (Å²) < 4.78 is 39.5. The van der Waals surface area contributed by atoms with E-state index in [1.165, 1.54) is 12.1 Å². The highest BCUT2D eigenvalue weighted by Gasteiger charge is 2.32. The number of hydrogen-bond donors (Lipinski definition) is 0. The molecule has 2 aromatic carbocycles. The van der Waals surface area contributed by atoms with E-state index in [2.05, 4.69) is 4.98 Å². The SMILES string of the molecule is Cc1ccc(Oc2ccncc2C2COCC(=O)N2Cc2ccccc2F)cc1F. The largest absolute Gasteiger partial charge is 0.457 e. The minimum atomic E-state index is -0.523. The van der Waals surface area contributed by atoms with Gasteiger partial charge in [0, 0.05) is 36.1 Å². The van der Waals surface area contributed by atoms with E-state index in [4.69, 9.17) is 9.47 Å². The fraction of sp³-hybridized carbons (Fsp3) is 0.217. The molecule has 7 heteroatoms. The van der Waals surface area contributed by atoms with Crippen LogP contribution >= 0.6 is 0 Å². The van der Waals surface area contributed by atoms with Crippen LogP contribution < -0.4 is 4.74 Å². The van der Waals surface area contributed by atoms with Crippen LogP contribution in [-0.4, -0.2) is 29.0 Å². The lowest BCUT2D eigenvalue weighted by molar-refractivity contribution is -0.149. The molecule has 0 spiro atoms. The van der Waals surface area contributed by atoms with Crippen molar-refractivity contribution in [2.45, 2.75) is 19.5 Å². The molecule has 1 aliphatic rings. The third kappa shape index (κ3) is 4.16. The Hall–Kier alpha value is -3.32. The number of rotatable bonds is 5. The molecule has 1 unspecified atom stereocenters. The van der Waals surface area contributed by atoms with Crippen molar-refractivity contribution in [3.05, 3.63) is 89.2 Å². The Balaban J connectivity index is 1.66. The average Bonchev–Trinajstić information content (AvgIpc) is 2.74. The second kappa shape index (κ2) is 8.59. The van der Waals surface area contributed by atoms with Crippen molar-refractivity contribution in [2.24, 2.45) is 0 Å². The fourth-order valence-corrected chi connectivity index (χ4v) is 3.37. The standard InChI is InChI=1S/C23H20F2N2O3/c1-15-6-7-17(10-20(15)25)30-22-8-9-26-11-18(22)21-13-29-14-23(28)27(21)12-16-4-2-3-5-19(16)24/h2-11,21H,12-14H2,1H3. The monoisotopic (exact) mass is 410 g/mol. The van der Waals surface area contributed by atoms with Gasteiger partial charge < -0.3 is 14.4 Å². The van der Waals surface area contributed by atoms with Crippen molar-refractivity contribution in [3.8, 4) is 11.5 Å². The van der Waals surface area contributed by atoms with Gasteiger partial charge in [-0.15, -0.1) is 0 Å². The van der Waals surface area contributed by atoms with E-state index >= 15 is 0 Å². The third-order valence-corrected chi connectivity index (χ3v) is 5.04. The Morgan fingerprint density at radius 1 is 1.17 bits per heavy atom. The van der Waals surface area contributed by atoms with Gasteiger partial charge in [-0.05, 0) is 30.7 Å². The number of aryl methyl sites for hydroxylation is 1. The number of morpholine rings is 1. The number of ether oxygens (including phenoxy) is 2. The Kier molecular flexibility index (Phi) is 5.72. The summed E-state index contributed by atoms with van der Waals surface area (Å²) in [7, 11) is 0. The molecule has 1 amide bonds. The zero-order valence-corrected chi connectivity index (χ0v) is 16.3. The molecule has 1 aliphatic heterocycles. The Labute approximate surface area is 172 Å². The third-order valence-electron chi connectivity index (χ3n) is 5.04. The zero-order chi connectivity index (χ0) is 21.1. The van der Waals surface area contributed by atoms with Crippen LogP contribution in [0.5, 0.6) is 11.5 Å². The van der Waals surface area contributed by atoms with Crippen molar-refractivity contribution >= 4 is 5.91 Å². The van der Waals surface area contributed by atoms with Crippen LogP contribution in [-0.2, 0) is 16.1 Å². The smallest absolute Gasteiger partial charge is 0.249 e. The predicted octanol–water partition coefficient (Wildman–Crippen LogP) is 4.56. The number of carbonyl (C=O) groups is 1. The van der Waals surface area contributed by atoms with Crippen LogP contribution in [0.25, 0.3) is 0 Å². The van der Waals surface area contributed by atoms with Gasteiger partial charge in [-0.2, -0.15) is 0 Å². The number of nitrogens with zero attached hydrogens (tertiary/aromatic N) is 2. The lowest BCUT2D eigenvalue weighted by atomic mass is 10.0.